The lowest BCUT2D eigenvalue weighted by atomic mass is 10.1. The molecule has 0 atom stereocenters. The largest absolute Gasteiger partial charge is 0.292 e. The fourth-order valence-electron chi connectivity index (χ4n) is 1.64. The Labute approximate surface area is 108 Å². The summed E-state index contributed by atoms with van der Waals surface area (Å²) in [4.78, 5) is 8.53. The molecule has 0 bridgehead atoms. The standard InChI is InChI=1S/C12H13BrN4/c1-7-3-4-9(13)6-10(7)11-5-8(2)15-12(16-11)17-14/h3-6H,14H2,1-2H3,(H,15,16,17). The molecule has 0 radical (unpaired) electrons. The zero-order valence-electron chi connectivity index (χ0n) is 9.66. The topological polar surface area (TPSA) is 63.8 Å². The van der Waals surface area contributed by atoms with E-state index in [1.165, 1.54) is 0 Å². The molecule has 4 nitrogen and oxygen atoms in total. The van der Waals surface area contributed by atoms with Crippen molar-refractivity contribution >= 4 is 21.9 Å². The number of rotatable bonds is 2. The second-order valence-electron chi connectivity index (χ2n) is 3.82. The van der Waals surface area contributed by atoms with E-state index in [0.717, 1.165) is 27.0 Å². The molecule has 0 spiro atoms. The predicted octanol–water partition coefficient (Wildman–Crippen LogP) is 2.81. The smallest absolute Gasteiger partial charge is 0.237 e. The summed E-state index contributed by atoms with van der Waals surface area (Å²) in [6.45, 7) is 3.97. The summed E-state index contributed by atoms with van der Waals surface area (Å²) >= 11 is 3.46. The number of nitrogens with one attached hydrogen (secondary N) is 1. The van der Waals surface area contributed by atoms with Gasteiger partial charge in [-0.2, -0.15) is 0 Å². The molecule has 3 N–H and O–H groups in total. The maximum atomic E-state index is 5.35. The Kier molecular flexibility index (Phi) is 3.40. The van der Waals surface area contributed by atoms with Gasteiger partial charge < -0.3 is 0 Å². The first-order chi connectivity index (χ1) is 8.10. The highest BCUT2D eigenvalue weighted by atomic mass is 79.9. The second kappa shape index (κ2) is 4.81. The van der Waals surface area contributed by atoms with E-state index in [2.05, 4.69) is 38.2 Å². The predicted molar refractivity (Wildman–Crippen MR) is 72.5 cm³/mol. The number of anilines is 1. The Morgan fingerprint density at radius 2 is 1.94 bits per heavy atom. The lowest BCUT2D eigenvalue weighted by molar-refractivity contribution is 1.07. The second-order valence-corrected chi connectivity index (χ2v) is 4.74. The molecule has 2 rings (SSSR count). The Hall–Kier alpha value is -1.46. The Morgan fingerprint density at radius 1 is 1.18 bits per heavy atom. The summed E-state index contributed by atoms with van der Waals surface area (Å²) in [5.74, 6) is 5.78. The van der Waals surface area contributed by atoms with E-state index in [4.69, 9.17) is 5.84 Å². The summed E-state index contributed by atoms with van der Waals surface area (Å²) in [6.07, 6.45) is 0. The molecule has 1 aromatic heterocycles. The molecule has 0 amide bonds. The highest BCUT2D eigenvalue weighted by molar-refractivity contribution is 9.10. The van der Waals surface area contributed by atoms with Gasteiger partial charge in [0.15, 0.2) is 0 Å². The molecule has 2 aromatic rings. The van der Waals surface area contributed by atoms with Gasteiger partial charge in [0.05, 0.1) is 5.69 Å². The van der Waals surface area contributed by atoms with Crippen molar-refractivity contribution in [2.45, 2.75) is 13.8 Å². The van der Waals surface area contributed by atoms with Crippen LogP contribution in [0.5, 0.6) is 0 Å². The van der Waals surface area contributed by atoms with E-state index < -0.39 is 0 Å². The van der Waals surface area contributed by atoms with Crippen LogP contribution in [-0.4, -0.2) is 9.97 Å². The Morgan fingerprint density at radius 3 is 2.65 bits per heavy atom. The van der Waals surface area contributed by atoms with Crippen LogP contribution in [0.25, 0.3) is 11.3 Å². The van der Waals surface area contributed by atoms with E-state index in [1.54, 1.807) is 0 Å². The molecule has 0 aliphatic carbocycles. The normalized spacial score (nSPS) is 10.4. The van der Waals surface area contributed by atoms with Gasteiger partial charge in [-0.3, -0.25) is 5.43 Å². The van der Waals surface area contributed by atoms with E-state index >= 15 is 0 Å². The van der Waals surface area contributed by atoms with Crippen molar-refractivity contribution in [3.8, 4) is 11.3 Å². The van der Waals surface area contributed by atoms with Gasteiger partial charge in [-0.1, -0.05) is 22.0 Å². The summed E-state index contributed by atoms with van der Waals surface area (Å²) < 4.78 is 1.02. The SMILES string of the molecule is Cc1cc(-c2cc(Br)ccc2C)nc(NN)n1. The number of aryl methyl sites for hydroxylation is 2. The highest BCUT2D eigenvalue weighted by Gasteiger charge is 2.07. The third-order valence-corrected chi connectivity index (χ3v) is 2.95. The number of halogens is 1. The van der Waals surface area contributed by atoms with Crippen molar-refractivity contribution in [3.63, 3.8) is 0 Å². The zero-order valence-corrected chi connectivity index (χ0v) is 11.2. The van der Waals surface area contributed by atoms with Crippen LogP contribution in [0.2, 0.25) is 0 Å². The van der Waals surface area contributed by atoms with Crippen molar-refractivity contribution in [3.05, 3.63) is 40.0 Å². The molecular weight excluding hydrogens is 280 g/mol. The monoisotopic (exact) mass is 292 g/mol. The van der Waals surface area contributed by atoms with Crippen LogP contribution in [0.15, 0.2) is 28.7 Å². The zero-order chi connectivity index (χ0) is 12.4. The fraction of sp³-hybridized carbons (Fsp3) is 0.167. The summed E-state index contributed by atoms with van der Waals surface area (Å²) in [5.41, 5.74) is 6.45. The number of aromatic nitrogens is 2. The minimum atomic E-state index is 0.430. The van der Waals surface area contributed by atoms with Gasteiger partial charge in [-0.25, -0.2) is 15.8 Å². The quantitative estimate of drug-likeness (QED) is 0.660. The van der Waals surface area contributed by atoms with E-state index in [9.17, 15) is 0 Å². The minimum Gasteiger partial charge on any atom is -0.292 e. The van der Waals surface area contributed by atoms with Crippen molar-refractivity contribution < 1.29 is 0 Å². The van der Waals surface area contributed by atoms with Gasteiger partial charge >= 0.3 is 0 Å². The van der Waals surface area contributed by atoms with Crippen molar-refractivity contribution in [2.75, 3.05) is 5.43 Å². The molecule has 0 saturated carbocycles. The average Bonchev–Trinajstić information content (AvgIpc) is 2.31. The first kappa shape index (κ1) is 12.0. The molecule has 0 aliphatic rings. The molecule has 0 fully saturated rings. The van der Waals surface area contributed by atoms with Crippen LogP contribution in [0, 0.1) is 13.8 Å². The molecule has 0 unspecified atom stereocenters. The summed E-state index contributed by atoms with van der Waals surface area (Å²) in [6, 6.07) is 8.04. The molecule has 1 heterocycles. The van der Waals surface area contributed by atoms with Crippen LogP contribution in [0.3, 0.4) is 0 Å². The number of hydrazine groups is 1. The first-order valence-electron chi connectivity index (χ1n) is 5.19. The Bertz CT molecular complexity index is 554. The molecule has 17 heavy (non-hydrogen) atoms. The van der Waals surface area contributed by atoms with Crippen molar-refractivity contribution in [2.24, 2.45) is 5.84 Å². The van der Waals surface area contributed by atoms with E-state index in [-0.39, 0.29) is 0 Å². The molecule has 0 saturated heterocycles. The number of benzene rings is 1. The van der Waals surface area contributed by atoms with Crippen molar-refractivity contribution in [1.29, 1.82) is 0 Å². The van der Waals surface area contributed by atoms with Gasteiger partial charge in [0.2, 0.25) is 5.95 Å². The molecule has 88 valence electrons. The van der Waals surface area contributed by atoms with Crippen LogP contribution in [0.4, 0.5) is 5.95 Å². The van der Waals surface area contributed by atoms with Gasteiger partial charge in [-0.15, -0.1) is 0 Å². The molecule has 0 aliphatic heterocycles. The number of nitrogens with zero attached hydrogens (tertiary/aromatic N) is 2. The van der Waals surface area contributed by atoms with Gasteiger partial charge in [0, 0.05) is 15.7 Å². The Balaban J connectivity index is 2.59. The number of nitrogen functional groups attached to an aromatic ring is 1. The lowest BCUT2D eigenvalue weighted by Gasteiger charge is -2.08. The van der Waals surface area contributed by atoms with E-state index in [1.807, 2.05) is 31.2 Å². The average molecular weight is 293 g/mol. The summed E-state index contributed by atoms with van der Waals surface area (Å²) in [5, 5.41) is 0. The van der Waals surface area contributed by atoms with Crippen LogP contribution in [-0.2, 0) is 0 Å². The van der Waals surface area contributed by atoms with Crippen molar-refractivity contribution in [1.82, 2.24) is 9.97 Å². The first-order valence-corrected chi connectivity index (χ1v) is 5.98. The molecule has 5 heteroatoms. The maximum Gasteiger partial charge on any atom is 0.237 e. The third kappa shape index (κ3) is 2.62. The minimum absolute atomic E-state index is 0.430. The van der Waals surface area contributed by atoms with Gasteiger partial charge in [0.1, 0.15) is 0 Å². The summed E-state index contributed by atoms with van der Waals surface area (Å²) in [7, 11) is 0. The third-order valence-electron chi connectivity index (χ3n) is 2.46. The molecule has 1 aromatic carbocycles. The number of nitrogens with two attached hydrogens (primary N) is 1. The molecular formula is C12H13BrN4. The maximum absolute atomic E-state index is 5.35. The van der Waals surface area contributed by atoms with Crippen LogP contribution < -0.4 is 11.3 Å². The number of hydrogen-bond acceptors (Lipinski definition) is 4. The van der Waals surface area contributed by atoms with Crippen LogP contribution in [0.1, 0.15) is 11.3 Å². The van der Waals surface area contributed by atoms with Crippen LogP contribution >= 0.6 is 15.9 Å². The lowest BCUT2D eigenvalue weighted by Crippen LogP contribution is -2.11. The highest BCUT2D eigenvalue weighted by Crippen LogP contribution is 2.26. The van der Waals surface area contributed by atoms with Gasteiger partial charge in [0.25, 0.3) is 0 Å². The number of hydrogen-bond donors (Lipinski definition) is 2. The van der Waals surface area contributed by atoms with E-state index in [0.29, 0.717) is 5.95 Å². The fourth-order valence-corrected chi connectivity index (χ4v) is 2.00. The van der Waals surface area contributed by atoms with Gasteiger partial charge in [-0.05, 0) is 37.6 Å².